The summed E-state index contributed by atoms with van der Waals surface area (Å²) in [5, 5.41) is 3.48. The van der Waals surface area contributed by atoms with Gasteiger partial charge < -0.3 is 15.0 Å². The molecule has 2 rings (SSSR count). The molecule has 2 aliphatic rings. The van der Waals surface area contributed by atoms with Gasteiger partial charge in [-0.1, -0.05) is 6.92 Å². The summed E-state index contributed by atoms with van der Waals surface area (Å²) in [7, 11) is 4.12. The van der Waals surface area contributed by atoms with Crippen LogP contribution in [0.2, 0.25) is 0 Å². The maximum absolute atomic E-state index is 5.42. The zero-order valence-corrected chi connectivity index (χ0v) is 12.9. The van der Waals surface area contributed by atoms with Crippen molar-refractivity contribution in [3.63, 3.8) is 0 Å². The minimum atomic E-state index is 0.540. The lowest BCUT2D eigenvalue weighted by Crippen LogP contribution is -2.57. The van der Waals surface area contributed by atoms with Gasteiger partial charge in [0.05, 0.1) is 6.61 Å². The van der Waals surface area contributed by atoms with Gasteiger partial charge in [0.2, 0.25) is 0 Å². The molecule has 0 aromatic carbocycles. The van der Waals surface area contributed by atoms with Gasteiger partial charge in [-0.05, 0) is 45.3 Å². The average Bonchev–Trinajstić information content (AvgIpc) is 2.43. The van der Waals surface area contributed by atoms with Crippen LogP contribution in [0.1, 0.15) is 26.2 Å². The maximum Gasteiger partial charge on any atom is 0.0630 e. The molecule has 0 aromatic rings. The standard InChI is InChI=1S/C15H31N3O/c1-4-16-10-14(12-19-3)18-9-7-15-13(11-18)6-5-8-17(15)2/h13-16H,4-12H2,1-3H3. The van der Waals surface area contributed by atoms with E-state index in [1.54, 1.807) is 0 Å². The van der Waals surface area contributed by atoms with Crippen LogP contribution in [0, 0.1) is 5.92 Å². The van der Waals surface area contributed by atoms with Crippen molar-refractivity contribution in [3.8, 4) is 0 Å². The Hall–Kier alpha value is -0.160. The van der Waals surface area contributed by atoms with Crippen LogP contribution in [-0.2, 0) is 4.74 Å². The molecule has 112 valence electrons. The molecular formula is C15H31N3O. The Morgan fingerprint density at radius 2 is 2.16 bits per heavy atom. The molecule has 2 heterocycles. The van der Waals surface area contributed by atoms with Gasteiger partial charge in [0.15, 0.2) is 0 Å². The van der Waals surface area contributed by atoms with E-state index in [1.165, 1.54) is 38.9 Å². The highest BCUT2D eigenvalue weighted by Crippen LogP contribution is 2.30. The SMILES string of the molecule is CCNCC(COC)N1CCC2C(CCCN2C)C1. The highest BCUT2D eigenvalue weighted by atomic mass is 16.5. The minimum absolute atomic E-state index is 0.540. The summed E-state index contributed by atoms with van der Waals surface area (Å²) in [4.78, 5) is 5.24. The van der Waals surface area contributed by atoms with Crippen LogP contribution >= 0.6 is 0 Å². The van der Waals surface area contributed by atoms with E-state index in [0.29, 0.717) is 6.04 Å². The third kappa shape index (κ3) is 3.91. The van der Waals surface area contributed by atoms with Crippen molar-refractivity contribution >= 4 is 0 Å². The van der Waals surface area contributed by atoms with E-state index >= 15 is 0 Å². The molecule has 2 fully saturated rings. The van der Waals surface area contributed by atoms with E-state index in [0.717, 1.165) is 31.7 Å². The normalized spacial score (nSPS) is 31.1. The number of nitrogens with zero attached hydrogens (tertiary/aromatic N) is 2. The molecule has 0 saturated carbocycles. The molecule has 1 N–H and O–H groups in total. The minimum Gasteiger partial charge on any atom is -0.383 e. The van der Waals surface area contributed by atoms with Crippen molar-refractivity contribution in [1.29, 1.82) is 0 Å². The first kappa shape index (κ1) is 15.2. The van der Waals surface area contributed by atoms with Crippen molar-refractivity contribution < 1.29 is 4.74 Å². The van der Waals surface area contributed by atoms with Gasteiger partial charge in [-0.15, -0.1) is 0 Å². The number of likely N-dealkylation sites (N-methyl/N-ethyl adjacent to an activating group) is 1. The van der Waals surface area contributed by atoms with Gasteiger partial charge in [-0.2, -0.15) is 0 Å². The molecule has 19 heavy (non-hydrogen) atoms. The fourth-order valence-electron chi connectivity index (χ4n) is 3.81. The Kier molecular flexibility index (Phi) is 6.07. The number of ether oxygens (including phenoxy) is 1. The fourth-order valence-corrected chi connectivity index (χ4v) is 3.81. The van der Waals surface area contributed by atoms with Crippen LogP contribution in [0.5, 0.6) is 0 Å². The van der Waals surface area contributed by atoms with Crippen molar-refractivity contribution in [2.45, 2.75) is 38.3 Å². The Morgan fingerprint density at radius 1 is 1.32 bits per heavy atom. The van der Waals surface area contributed by atoms with Crippen LogP contribution in [0.3, 0.4) is 0 Å². The van der Waals surface area contributed by atoms with E-state index in [-0.39, 0.29) is 0 Å². The summed E-state index contributed by atoms with van der Waals surface area (Å²) in [6, 6.07) is 1.37. The van der Waals surface area contributed by atoms with E-state index < -0.39 is 0 Å². The second-order valence-corrected chi connectivity index (χ2v) is 6.15. The molecule has 3 atom stereocenters. The van der Waals surface area contributed by atoms with Gasteiger partial charge in [-0.25, -0.2) is 0 Å². The van der Waals surface area contributed by atoms with Crippen LogP contribution in [-0.4, -0.2) is 75.4 Å². The Morgan fingerprint density at radius 3 is 2.89 bits per heavy atom. The molecule has 0 amide bonds. The topological polar surface area (TPSA) is 27.7 Å². The molecule has 4 nitrogen and oxygen atoms in total. The zero-order chi connectivity index (χ0) is 13.7. The van der Waals surface area contributed by atoms with E-state index in [2.05, 4.69) is 29.1 Å². The molecule has 2 saturated heterocycles. The number of methoxy groups -OCH3 is 1. The van der Waals surface area contributed by atoms with Crippen molar-refractivity contribution in [2.24, 2.45) is 5.92 Å². The van der Waals surface area contributed by atoms with Gasteiger partial charge in [0, 0.05) is 38.8 Å². The molecule has 3 unspecified atom stereocenters. The lowest BCUT2D eigenvalue weighted by molar-refractivity contribution is 0.00163. The summed E-state index contributed by atoms with van der Waals surface area (Å²) in [6.07, 6.45) is 4.10. The van der Waals surface area contributed by atoms with Gasteiger partial charge in [-0.3, -0.25) is 4.90 Å². The summed E-state index contributed by atoms with van der Waals surface area (Å²) < 4.78 is 5.42. The second-order valence-electron chi connectivity index (χ2n) is 6.15. The average molecular weight is 269 g/mol. The predicted molar refractivity (Wildman–Crippen MR) is 79.5 cm³/mol. The van der Waals surface area contributed by atoms with Gasteiger partial charge in [0.25, 0.3) is 0 Å². The highest BCUT2D eigenvalue weighted by Gasteiger charge is 2.36. The first-order valence-corrected chi connectivity index (χ1v) is 7.90. The molecule has 0 spiro atoms. The van der Waals surface area contributed by atoms with Gasteiger partial charge in [0.1, 0.15) is 0 Å². The molecular weight excluding hydrogens is 238 g/mol. The van der Waals surface area contributed by atoms with Crippen LogP contribution in [0.4, 0.5) is 0 Å². The Bertz CT molecular complexity index is 262. The van der Waals surface area contributed by atoms with Crippen molar-refractivity contribution in [1.82, 2.24) is 15.1 Å². The number of likely N-dealkylation sites (tertiary alicyclic amines) is 2. The van der Waals surface area contributed by atoms with E-state index in [9.17, 15) is 0 Å². The number of fused-ring (bicyclic) bond motifs is 1. The van der Waals surface area contributed by atoms with Crippen LogP contribution in [0.25, 0.3) is 0 Å². The molecule has 0 bridgehead atoms. The summed E-state index contributed by atoms with van der Waals surface area (Å²) >= 11 is 0. The number of piperidine rings is 2. The maximum atomic E-state index is 5.42. The Labute approximate surface area is 118 Å². The number of nitrogens with one attached hydrogen (secondary N) is 1. The lowest BCUT2D eigenvalue weighted by atomic mass is 9.83. The fraction of sp³-hybridized carbons (Fsp3) is 1.00. The van der Waals surface area contributed by atoms with E-state index in [1.807, 2.05) is 7.11 Å². The molecule has 0 aromatic heterocycles. The molecule has 0 radical (unpaired) electrons. The predicted octanol–water partition coefficient (Wildman–Crippen LogP) is 1.03. The zero-order valence-electron chi connectivity index (χ0n) is 12.9. The first-order valence-electron chi connectivity index (χ1n) is 7.90. The smallest absolute Gasteiger partial charge is 0.0630 e. The number of hydrogen-bond donors (Lipinski definition) is 1. The van der Waals surface area contributed by atoms with Crippen molar-refractivity contribution in [3.05, 3.63) is 0 Å². The lowest BCUT2D eigenvalue weighted by Gasteiger charge is -2.48. The largest absolute Gasteiger partial charge is 0.383 e. The number of hydrogen-bond acceptors (Lipinski definition) is 4. The van der Waals surface area contributed by atoms with Crippen molar-refractivity contribution in [2.75, 3.05) is 53.5 Å². The second kappa shape index (κ2) is 7.58. The first-order chi connectivity index (χ1) is 9.26. The summed E-state index contributed by atoms with van der Waals surface area (Å²) in [5.41, 5.74) is 0. The monoisotopic (exact) mass is 269 g/mol. The highest BCUT2D eigenvalue weighted by molar-refractivity contribution is 4.91. The molecule has 2 aliphatic heterocycles. The third-order valence-corrected chi connectivity index (χ3v) is 4.88. The van der Waals surface area contributed by atoms with Crippen LogP contribution in [0.15, 0.2) is 0 Å². The van der Waals surface area contributed by atoms with Crippen LogP contribution < -0.4 is 5.32 Å². The quantitative estimate of drug-likeness (QED) is 0.779. The van der Waals surface area contributed by atoms with E-state index in [4.69, 9.17) is 4.74 Å². The van der Waals surface area contributed by atoms with Gasteiger partial charge >= 0.3 is 0 Å². The summed E-state index contributed by atoms with van der Waals surface area (Å²) in [5.74, 6) is 0.869. The third-order valence-electron chi connectivity index (χ3n) is 4.88. The number of rotatable bonds is 6. The Balaban J connectivity index is 1.90. The molecule has 0 aliphatic carbocycles. The summed E-state index contributed by atoms with van der Waals surface area (Å²) in [6.45, 7) is 8.90. The molecule has 4 heteroatoms.